The lowest BCUT2D eigenvalue weighted by atomic mass is 10.2. The van der Waals surface area contributed by atoms with E-state index in [2.05, 4.69) is 15.9 Å². The largest absolute Gasteiger partial charge is 0.450 e. The number of ketones is 1. The summed E-state index contributed by atoms with van der Waals surface area (Å²) in [7, 11) is 0. The van der Waals surface area contributed by atoms with Crippen LogP contribution in [0.3, 0.4) is 0 Å². The molecule has 0 N–H and O–H groups in total. The summed E-state index contributed by atoms with van der Waals surface area (Å²) in [6, 6.07) is 0.0483. The second-order valence-corrected chi connectivity index (χ2v) is 3.97. The second kappa shape index (κ2) is 7.68. The number of rotatable bonds is 6. The highest BCUT2D eigenvalue weighted by molar-refractivity contribution is 9.09. The van der Waals surface area contributed by atoms with Gasteiger partial charge >= 0.3 is 6.09 Å². The smallest absolute Gasteiger partial charge is 0.409 e. The Kier molecular flexibility index (Phi) is 7.38. The zero-order chi connectivity index (χ0) is 11.8. The molecule has 0 aliphatic carbocycles. The number of hydrogen-bond donors (Lipinski definition) is 0. The molecular weight excluding hydrogens is 262 g/mol. The van der Waals surface area contributed by atoms with Crippen LogP contribution in [-0.2, 0) is 9.53 Å². The SMILES string of the molecule is CCOC(=O)N(CCC(=O)CBr)C(C)C. The fourth-order valence-corrected chi connectivity index (χ4v) is 1.36. The Hall–Kier alpha value is -0.580. The summed E-state index contributed by atoms with van der Waals surface area (Å²) in [4.78, 5) is 24.1. The highest BCUT2D eigenvalue weighted by Crippen LogP contribution is 2.04. The van der Waals surface area contributed by atoms with Crippen molar-refractivity contribution in [3.63, 3.8) is 0 Å². The van der Waals surface area contributed by atoms with Crippen molar-refractivity contribution >= 4 is 27.8 Å². The molecule has 0 rings (SSSR count). The quantitative estimate of drug-likeness (QED) is 0.701. The van der Waals surface area contributed by atoms with E-state index in [-0.39, 0.29) is 17.9 Å². The number of amides is 1. The minimum absolute atomic E-state index is 0.0483. The number of ether oxygens (including phenoxy) is 1. The Balaban J connectivity index is 4.16. The molecule has 0 bridgehead atoms. The molecule has 4 nitrogen and oxygen atoms in total. The number of alkyl halides is 1. The molecule has 5 heteroatoms. The number of carbonyl (C=O) groups excluding carboxylic acids is 2. The average Bonchev–Trinajstić information content (AvgIpc) is 2.17. The van der Waals surface area contributed by atoms with Gasteiger partial charge < -0.3 is 9.64 Å². The van der Waals surface area contributed by atoms with Gasteiger partial charge in [-0.05, 0) is 20.8 Å². The van der Waals surface area contributed by atoms with Crippen molar-refractivity contribution in [2.75, 3.05) is 18.5 Å². The normalized spacial score (nSPS) is 10.2. The summed E-state index contributed by atoms with van der Waals surface area (Å²) >= 11 is 3.09. The fourth-order valence-electron chi connectivity index (χ4n) is 1.08. The van der Waals surface area contributed by atoms with E-state index >= 15 is 0 Å². The lowest BCUT2D eigenvalue weighted by Gasteiger charge is -2.25. The average molecular weight is 280 g/mol. The number of Topliss-reactive ketones (excluding diaryl/α,β-unsaturated/α-hetero) is 1. The maximum absolute atomic E-state index is 11.5. The highest BCUT2D eigenvalue weighted by atomic mass is 79.9. The van der Waals surface area contributed by atoms with E-state index in [9.17, 15) is 9.59 Å². The number of halogens is 1. The van der Waals surface area contributed by atoms with Crippen LogP contribution in [0, 0.1) is 0 Å². The van der Waals surface area contributed by atoms with E-state index in [1.165, 1.54) is 0 Å². The van der Waals surface area contributed by atoms with Gasteiger partial charge in [-0.25, -0.2) is 4.79 Å². The van der Waals surface area contributed by atoms with Crippen molar-refractivity contribution in [1.29, 1.82) is 0 Å². The summed E-state index contributed by atoms with van der Waals surface area (Å²) < 4.78 is 4.90. The lowest BCUT2D eigenvalue weighted by Crippen LogP contribution is -2.38. The summed E-state index contributed by atoms with van der Waals surface area (Å²) in [5, 5.41) is 0.335. The van der Waals surface area contributed by atoms with E-state index in [4.69, 9.17) is 4.74 Å². The van der Waals surface area contributed by atoms with Crippen LogP contribution in [0.25, 0.3) is 0 Å². The molecule has 0 aromatic rings. The zero-order valence-corrected chi connectivity index (χ0v) is 11.0. The summed E-state index contributed by atoms with van der Waals surface area (Å²) in [5.74, 6) is 0.0879. The predicted octanol–water partition coefficient (Wildman–Crippen LogP) is 2.21. The van der Waals surface area contributed by atoms with E-state index < -0.39 is 0 Å². The molecule has 0 spiro atoms. The van der Waals surface area contributed by atoms with Crippen molar-refractivity contribution < 1.29 is 14.3 Å². The first-order valence-electron chi connectivity index (χ1n) is 5.04. The molecule has 0 atom stereocenters. The van der Waals surface area contributed by atoms with E-state index in [1.54, 1.807) is 11.8 Å². The molecule has 0 aliphatic heterocycles. The van der Waals surface area contributed by atoms with Gasteiger partial charge in [-0.15, -0.1) is 0 Å². The maximum Gasteiger partial charge on any atom is 0.409 e. The van der Waals surface area contributed by atoms with Gasteiger partial charge in [0.1, 0.15) is 5.78 Å². The molecule has 0 radical (unpaired) electrons. The van der Waals surface area contributed by atoms with Gasteiger partial charge in [0.25, 0.3) is 0 Å². The number of nitrogens with zero attached hydrogens (tertiary/aromatic N) is 1. The molecule has 0 fully saturated rings. The molecule has 0 aromatic carbocycles. The van der Waals surface area contributed by atoms with Gasteiger partial charge in [0.15, 0.2) is 0 Å². The molecule has 88 valence electrons. The first kappa shape index (κ1) is 14.4. The topological polar surface area (TPSA) is 46.6 Å². The molecule has 0 aromatic heterocycles. The predicted molar refractivity (Wildman–Crippen MR) is 62.3 cm³/mol. The zero-order valence-electron chi connectivity index (χ0n) is 9.46. The fraction of sp³-hybridized carbons (Fsp3) is 0.800. The van der Waals surface area contributed by atoms with Crippen molar-refractivity contribution in [3.05, 3.63) is 0 Å². The summed E-state index contributed by atoms with van der Waals surface area (Å²) in [6.45, 7) is 6.33. The van der Waals surface area contributed by atoms with Crippen LogP contribution in [-0.4, -0.2) is 41.3 Å². The minimum atomic E-state index is -0.352. The van der Waals surface area contributed by atoms with Crippen LogP contribution in [0.1, 0.15) is 27.2 Å². The highest BCUT2D eigenvalue weighted by Gasteiger charge is 2.18. The third-order valence-corrected chi connectivity index (χ3v) is 2.53. The summed E-state index contributed by atoms with van der Waals surface area (Å²) in [6.07, 6.45) is 0.0114. The Morgan fingerprint density at radius 1 is 1.40 bits per heavy atom. The standard InChI is InChI=1S/C10H18BrNO3/c1-4-15-10(14)12(8(2)3)6-5-9(13)7-11/h8H,4-7H2,1-3H3. The van der Waals surface area contributed by atoms with Gasteiger partial charge in [0.05, 0.1) is 11.9 Å². The van der Waals surface area contributed by atoms with Crippen LogP contribution < -0.4 is 0 Å². The number of hydrogen-bond acceptors (Lipinski definition) is 3. The first-order chi connectivity index (χ1) is 7.02. The van der Waals surface area contributed by atoms with E-state index in [0.717, 1.165) is 0 Å². The van der Waals surface area contributed by atoms with Gasteiger partial charge in [0, 0.05) is 19.0 Å². The molecule has 0 saturated heterocycles. The van der Waals surface area contributed by atoms with Crippen molar-refractivity contribution in [1.82, 2.24) is 4.90 Å². The lowest BCUT2D eigenvalue weighted by molar-refractivity contribution is -0.116. The van der Waals surface area contributed by atoms with E-state index in [0.29, 0.717) is 24.9 Å². The third-order valence-electron chi connectivity index (χ3n) is 1.91. The van der Waals surface area contributed by atoms with Gasteiger partial charge in [-0.1, -0.05) is 15.9 Å². The second-order valence-electron chi connectivity index (χ2n) is 3.41. The van der Waals surface area contributed by atoms with Crippen LogP contribution in [0.15, 0.2) is 0 Å². The monoisotopic (exact) mass is 279 g/mol. The van der Waals surface area contributed by atoms with Crippen molar-refractivity contribution in [2.24, 2.45) is 0 Å². The Morgan fingerprint density at radius 3 is 2.40 bits per heavy atom. The molecule has 15 heavy (non-hydrogen) atoms. The first-order valence-corrected chi connectivity index (χ1v) is 6.16. The summed E-state index contributed by atoms with van der Waals surface area (Å²) in [5.41, 5.74) is 0. The van der Waals surface area contributed by atoms with Crippen LogP contribution in [0.2, 0.25) is 0 Å². The Morgan fingerprint density at radius 2 is 2.00 bits per heavy atom. The van der Waals surface area contributed by atoms with Crippen LogP contribution in [0.4, 0.5) is 4.79 Å². The van der Waals surface area contributed by atoms with Crippen LogP contribution in [0.5, 0.6) is 0 Å². The third kappa shape index (κ3) is 5.77. The van der Waals surface area contributed by atoms with Gasteiger partial charge in [-0.2, -0.15) is 0 Å². The molecule has 0 saturated carbocycles. The molecular formula is C10H18BrNO3. The van der Waals surface area contributed by atoms with Gasteiger partial charge in [-0.3, -0.25) is 4.79 Å². The van der Waals surface area contributed by atoms with Crippen LogP contribution >= 0.6 is 15.9 Å². The molecule has 0 unspecified atom stereocenters. The van der Waals surface area contributed by atoms with Gasteiger partial charge in [0.2, 0.25) is 0 Å². The molecule has 0 aliphatic rings. The Labute approximate surface area is 99.1 Å². The maximum atomic E-state index is 11.5. The number of carbonyl (C=O) groups is 2. The van der Waals surface area contributed by atoms with Crippen molar-refractivity contribution in [3.8, 4) is 0 Å². The van der Waals surface area contributed by atoms with E-state index in [1.807, 2.05) is 13.8 Å². The van der Waals surface area contributed by atoms with Crippen molar-refractivity contribution in [2.45, 2.75) is 33.2 Å². The Bertz CT molecular complexity index is 219. The minimum Gasteiger partial charge on any atom is -0.450 e. The molecule has 0 heterocycles. The molecule has 1 amide bonds.